The second-order valence-electron chi connectivity index (χ2n) is 6.20. The van der Waals surface area contributed by atoms with E-state index in [-0.39, 0.29) is 30.3 Å². The quantitative estimate of drug-likeness (QED) is 0.782. The summed E-state index contributed by atoms with van der Waals surface area (Å²) in [5, 5.41) is 26.2. The van der Waals surface area contributed by atoms with Gasteiger partial charge in [-0.25, -0.2) is 4.39 Å². The van der Waals surface area contributed by atoms with Gasteiger partial charge < -0.3 is 15.5 Å². The van der Waals surface area contributed by atoms with Gasteiger partial charge in [0.05, 0.1) is 11.8 Å². The maximum absolute atomic E-state index is 13.0. The number of amides is 1. The Kier molecular flexibility index (Phi) is 4.64. The first-order valence-electron chi connectivity index (χ1n) is 7.87. The van der Waals surface area contributed by atoms with Crippen molar-refractivity contribution in [3.05, 3.63) is 41.8 Å². The molecule has 3 rings (SSSR count). The zero-order valence-electron chi connectivity index (χ0n) is 13.3. The Bertz CT molecular complexity index is 729. The molecular formula is C17H20FN3O3. The summed E-state index contributed by atoms with van der Waals surface area (Å²) in [6.07, 6.45) is 0.382. The number of nitrogens with zero attached hydrogens (tertiary/aromatic N) is 2. The first-order chi connectivity index (χ1) is 11.5. The summed E-state index contributed by atoms with van der Waals surface area (Å²) >= 11 is 0. The number of aliphatic hydroxyl groups excluding tert-OH is 2. The molecule has 0 unspecified atom stereocenters. The van der Waals surface area contributed by atoms with Crippen LogP contribution < -0.4 is 5.32 Å². The summed E-state index contributed by atoms with van der Waals surface area (Å²) in [4.78, 5) is 12.4. The summed E-state index contributed by atoms with van der Waals surface area (Å²) in [6.45, 7) is -0.0893. The van der Waals surface area contributed by atoms with E-state index in [0.717, 1.165) is 5.56 Å². The van der Waals surface area contributed by atoms with E-state index in [1.807, 2.05) is 0 Å². The van der Waals surface area contributed by atoms with Crippen LogP contribution in [0.25, 0.3) is 11.3 Å². The van der Waals surface area contributed by atoms with Gasteiger partial charge in [-0.05, 0) is 43.2 Å². The Morgan fingerprint density at radius 3 is 2.71 bits per heavy atom. The predicted octanol–water partition coefficient (Wildman–Crippen LogP) is 1.09. The molecule has 1 amide bonds. The van der Waals surface area contributed by atoms with Gasteiger partial charge in [-0.15, -0.1) is 0 Å². The zero-order valence-corrected chi connectivity index (χ0v) is 13.3. The minimum atomic E-state index is -0.596. The minimum absolute atomic E-state index is 0.0893. The van der Waals surface area contributed by atoms with E-state index >= 15 is 0 Å². The topological polar surface area (TPSA) is 87.4 Å². The molecule has 3 atom stereocenters. The summed E-state index contributed by atoms with van der Waals surface area (Å²) in [5.41, 5.74) is 1.70. The predicted molar refractivity (Wildman–Crippen MR) is 85.7 cm³/mol. The highest BCUT2D eigenvalue weighted by Crippen LogP contribution is 2.26. The van der Waals surface area contributed by atoms with Gasteiger partial charge in [0.1, 0.15) is 11.5 Å². The highest BCUT2D eigenvalue weighted by molar-refractivity contribution is 5.93. The van der Waals surface area contributed by atoms with Crippen molar-refractivity contribution in [2.45, 2.75) is 25.0 Å². The van der Waals surface area contributed by atoms with Crippen LogP contribution in [0.5, 0.6) is 0 Å². The van der Waals surface area contributed by atoms with Crippen molar-refractivity contribution in [2.24, 2.45) is 13.0 Å². The second-order valence-corrected chi connectivity index (χ2v) is 6.20. The Labute approximate surface area is 138 Å². The molecule has 0 bridgehead atoms. The lowest BCUT2D eigenvalue weighted by atomic mass is 10.1. The third kappa shape index (κ3) is 3.32. The molecule has 0 saturated heterocycles. The summed E-state index contributed by atoms with van der Waals surface area (Å²) < 4.78 is 14.5. The van der Waals surface area contributed by atoms with Gasteiger partial charge in [-0.3, -0.25) is 9.48 Å². The number of carbonyl (C=O) groups is 1. The standard InChI is InChI=1S/C17H20FN3O3/c1-21-15(8-14(20-21)10-2-4-12(18)5-3-10)17(24)19-13-6-11(9-22)16(23)7-13/h2-5,8,11,13,16,22-23H,6-7,9H2,1H3,(H,19,24)/t11-,13+,16+/m0/s1. The lowest BCUT2D eigenvalue weighted by Gasteiger charge is -2.12. The Hall–Kier alpha value is -2.25. The fourth-order valence-electron chi connectivity index (χ4n) is 3.12. The van der Waals surface area contributed by atoms with Crippen molar-refractivity contribution < 1.29 is 19.4 Å². The molecule has 24 heavy (non-hydrogen) atoms. The molecule has 7 heteroatoms. The maximum atomic E-state index is 13.0. The molecule has 1 saturated carbocycles. The number of benzene rings is 1. The first kappa shape index (κ1) is 16.6. The average molecular weight is 333 g/mol. The second kappa shape index (κ2) is 6.70. The maximum Gasteiger partial charge on any atom is 0.269 e. The van der Waals surface area contributed by atoms with E-state index in [1.165, 1.54) is 16.8 Å². The van der Waals surface area contributed by atoms with E-state index in [4.69, 9.17) is 0 Å². The molecule has 1 aromatic carbocycles. The Morgan fingerprint density at radius 2 is 2.08 bits per heavy atom. The Morgan fingerprint density at radius 1 is 1.38 bits per heavy atom. The fraction of sp³-hybridized carbons (Fsp3) is 0.412. The molecule has 1 aliphatic rings. The largest absolute Gasteiger partial charge is 0.396 e. The third-order valence-corrected chi connectivity index (χ3v) is 4.48. The monoisotopic (exact) mass is 333 g/mol. The first-order valence-corrected chi connectivity index (χ1v) is 7.87. The lowest BCUT2D eigenvalue weighted by Crippen LogP contribution is -2.34. The molecule has 3 N–H and O–H groups in total. The molecule has 1 aliphatic carbocycles. The van der Waals surface area contributed by atoms with Gasteiger partial charge in [0.15, 0.2) is 0 Å². The van der Waals surface area contributed by atoms with Crippen LogP contribution in [0.2, 0.25) is 0 Å². The van der Waals surface area contributed by atoms with Crippen LogP contribution in [0.3, 0.4) is 0 Å². The molecule has 2 aromatic rings. The Balaban J connectivity index is 1.73. The molecule has 0 aliphatic heterocycles. The average Bonchev–Trinajstić information content (AvgIpc) is 3.10. The summed E-state index contributed by atoms with van der Waals surface area (Å²) in [6, 6.07) is 7.39. The van der Waals surface area contributed by atoms with E-state index < -0.39 is 6.10 Å². The van der Waals surface area contributed by atoms with Crippen molar-refractivity contribution in [2.75, 3.05) is 6.61 Å². The van der Waals surface area contributed by atoms with Crippen LogP contribution in [0, 0.1) is 11.7 Å². The number of nitrogens with one attached hydrogen (secondary N) is 1. The highest BCUT2D eigenvalue weighted by atomic mass is 19.1. The van der Waals surface area contributed by atoms with Gasteiger partial charge >= 0.3 is 0 Å². The van der Waals surface area contributed by atoms with E-state index in [0.29, 0.717) is 24.2 Å². The van der Waals surface area contributed by atoms with E-state index in [9.17, 15) is 19.4 Å². The van der Waals surface area contributed by atoms with Crippen LogP contribution >= 0.6 is 0 Å². The van der Waals surface area contributed by atoms with Crippen molar-refractivity contribution in [1.29, 1.82) is 0 Å². The zero-order chi connectivity index (χ0) is 17.3. The number of halogens is 1. The number of aliphatic hydroxyl groups is 2. The molecular weight excluding hydrogens is 313 g/mol. The van der Waals surface area contributed by atoms with Crippen molar-refractivity contribution in [3.63, 3.8) is 0 Å². The van der Waals surface area contributed by atoms with Gasteiger partial charge in [-0.1, -0.05) is 0 Å². The number of hydrogen-bond acceptors (Lipinski definition) is 4. The lowest BCUT2D eigenvalue weighted by molar-refractivity contribution is 0.0902. The minimum Gasteiger partial charge on any atom is -0.396 e. The smallest absolute Gasteiger partial charge is 0.269 e. The molecule has 0 radical (unpaired) electrons. The molecule has 0 spiro atoms. The number of carbonyl (C=O) groups excluding carboxylic acids is 1. The number of aromatic nitrogens is 2. The third-order valence-electron chi connectivity index (χ3n) is 4.48. The van der Waals surface area contributed by atoms with Gasteiger partial charge in [0.25, 0.3) is 5.91 Å². The van der Waals surface area contributed by atoms with E-state index in [2.05, 4.69) is 10.4 Å². The van der Waals surface area contributed by atoms with Gasteiger partial charge in [0, 0.05) is 31.2 Å². The van der Waals surface area contributed by atoms with Gasteiger partial charge in [0.2, 0.25) is 0 Å². The van der Waals surface area contributed by atoms with E-state index in [1.54, 1.807) is 25.2 Å². The molecule has 128 valence electrons. The fourth-order valence-corrected chi connectivity index (χ4v) is 3.12. The summed E-state index contributed by atoms with van der Waals surface area (Å²) in [5.74, 6) is -0.809. The number of aryl methyl sites for hydroxylation is 1. The number of hydrogen-bond donors (Lipinski definition) is 3. The van der Waals surface area contributed by atoms with Crippen LogP contribution in [-0.4, -0.2) is 44.7 Å². The van der Waals surface area contributed by atoms with Gasteiger partial charge in [-0.2, -0.15) is 5.10 Å². The van der Waals surface area contributed by atoms with Crippen molar-refractivity contribution in [1.82, 2.24) is 15.1 Å². The van der Waals surface area contributed by atoms with Crippen LogP contribution in [0.15, 0.2) is 30.3 Å². The highest BCUT2D eigenvalue weighted by Gasteiger charge is 2.33. The molecule has 1 fully saturated rings. The van der Waals surface area contributed by atoms with Crippen molar-refractivity contribution >= 4 is 5.91 Å². The SMILES string of the molecule is Cn1nc(-c2ccc(F)cc2)cc1C(=O)N[C@@H]1C[C@@H](CO)[C@H](O)C1. The van der Waals surface area contributed by atoms with Crippen LogP contribution in [0.4, 0.5) is 4.39 Å². The summed E-state index contributed by atoms with van der Waals surface area (Å²) in [7, 11) is 1.67. The van der Waals surface area contributed by atoms with Crippen molar-refractivity contribution in [3.8, 4) is 11.3 Å². The molecule has 6 nitrogen and oxygen atoms in total. The molecule has 1 heterocycles. The normalized spacial score (nSPS) is 23.4. The van der Waals surface area contributed by atoms with Crippen LogP contribution in [0.1, 0.15) is 23.3 Å². The number of rotatable bonds is 4. The van der Waals surface area contributed by atoms with Crippen LogP contribution in [-0.2, 0) is 7.05 Å². The molecule has 1 aromatic heterocycles.